The number of nitrogens with one attached hydrogen (secondary N) is 1. The maximum Gasteiger partial charge on any atom is 0.103 e. The van der Waals surface area contributed by atoms with E-state index in [1.54, 1.807) is 0 Å². The van der Waals surface area contributed by atoms with Crippen molar-refractivity contribution in [3.63, 3.8) is 0 Å². The first-order valence-corrected chi connectivity index (χ1v) is 6.76. The van der Waals surface area contributed by atoms with E-state index in [4.69, 9.17) is 5.73 Å². The van der Waals surface area contributed by atoms with Gasteiger partial charge in [-0.3, -0.25) is 0 Å². The minimum absolute atomic E-state index is 0.850. The topological polar surface area (TPSA) is 41.8 Å². The first-order chi connectivity index (χ1) is 7.84. The molecular weight excluding hydrogens is 196 g/mol. The third-order valence-electron chi connectivity index (χ3n) is 3.17. The Kier molecular flexibility index (Phi) is 6.78. The van der Waals surface area contributed by atoms with Crippen molar-refractivity contribution in [2.24, 2.45) is 0 Å². The van der Waals surface area contributed by atoms with Gasteiger partial charge in [0.05, 0.1) is 0 Å². The number of nitrogen functional groups attached to an aromatic ring is 1. The van der Waals surface area contributed by atoms with Gasteiger partial charge in [0.1, 0.15) is 5.82 Å². The van der Waals surface area contributed by atoms with Crippen LogP contribution in [0.1, 0.15) is 63.9 Å². The van der Waals surface area contributed by atoms with Crippen molar-refractivity contribution in [3.8, 4) is 0 Å². The molecule has 1 aromatic heterocycles. The number of rotatable bonds is 9. The fraction of sp³-hybridized carbons (Fsp3) is 0.714. The van der Waals surface area contributed by atoms with Crippen LogP contribution < -0.4 is 5.73 Å². The summed E-state index contributed by atoms with van der Waals surface area (Å²) in [6.45, 7) is 2.27. The van der Waals surface area contributed by atoms with E-state index in [1.165, 1.54) is 56.9 Å². The second-order valence-corrected chi connectivity index (χ2v) is 4.64. The Balaban J connectivity index is 1.91. The molecule has 16 heavy (non-hydrogen) atoms. The number of hydrogen-bond acceptors (Lipinski definition) is 1. The molecule has 0 unspecified atom stereocenters. The summed E-state index contributed by atoms with van der Waals surface area (Å²) in [4.78, 5) is 3.02. The molecule has 0 spiro atoms. The lowest BCUT2D eigenvalue weighted by molar-refractivity contribution is 0.576. The number of hydrogen-bond donors (Lipinski definition) is 2. The van der Waals surface area contributed by atoms with Gasteiger partial charge in [0.25, 0.3) is 0 Å². The Labute approximate surface area is 99.6 Å². The summed E-state index contributed by atoms with van der Waals surface area (Å²) in [7, 11) is 0. The van der Waals surface area contributed by atoms with Crippen LogP contribution in [0.4, 0.5) is 5.82 Å². The highest BCUT2D eigenvalue weighted by atomic mass is 14.8. The minimum atomic E-state index is 0.850. The van der Waals surface area contributed by atoms with E-state index in [1.807, 2.05) is 6.20 Å². The zero-order chi connectivity index (χ0) is 11.6. The molecule has 0 aliphatic carbocycles. The maximum atomic E-state index is 5.78. The predicted molar refractivity (Wildman–Crippen MR) is 71.5 cm³/mol. The van der Waals surface area contributed by atoms with Gasteiger partial charge in [0.2, 0.25) is 0 Å². The van der Waals surface area contributed by atoms with Crippen molar-refractivity contribution in [2.75, 3.05) is 5.73 Å². The highest BCUT2D eigenvalue weighted by molar-refractivity contribution is 5.39. The molecule has 92 valence electrons. The van der Waals surface area contributed by atoms with Crippen molar-refractivity contribution >= 4 is 5.82 Å². The summed E-state index contributed by atoms with van der Waals surface area (Å²) in [6.07, 6.45) is 14.0. The zero-order valence-corrected chi connectivity index (χ0v) is 10.6. The smallest absolute Gasteiger partial charge is 0.103 e. The van der Waals surface area contributed by atoms with Crippen LogP contribution in [0.2, 0.25) is 0 Å². The van der Waals surface area contributed by atoms with E-state index in [-0.39, 0.29) is 0 Å². The molecule has 2 heteroatoms. The van der Waals surface area contributed by atoms with Gasteiger partial charge < -0.3 is 10.7 Å². The van der Waals surface area contributed by atoms with Crippen LogP contribution >= 0.6 is 0 Å². The number of nitrogens with two attached hydrogens (primary N) is 1. The molecule has 0 atom stereocenters. The van der Waals surface area contributed by atoms with Crippen LogP contribution in [0.15, 0.2) is 12.3 Å². The van der Waals surface area contributed by atoms with Gasteiger partial charge in [0.15, 0.2) is 0 Å². The zero-order valence-electron chi connectivity index (χ0n) is 10.6. The third-order valence-corrected chi connectivity index (χ3v) is 3.17. The molecule has 1 aromatic rings. The maximum absolute atomic E-state index is 5.78. The summed E-state index contributed by atoms with van der Waals surface area (Å²) < 4.78 is 0. The van der Waals surface area contributed by atoms with Crippen molar-refractivity contribution in [1.82, 2.24) is 4.98 Å². The summed E-state index contributed by atoms with van der Waals surface area (Å²) in [6, 6.07) is 2.09. The lowest BCUT2D eigenvalue weighted by Gasteiger charge is -2.01. The van der Waals surface area contributed by atoms with Crippen LogP contribution in [0.5, 0.6) is 0 Å². The number of anilines is 1. The summed E-state index contributed by atoms with van der Waals surface area (Å²) in [5.74, 6) is 0.850. The monoisotopic (exact) mass is 222 g/mol. The van der Waals surface area contributed by atoms with Crippen molar-refractivity contribution in [3.05, 3.63) is 17.8 Å². The second-order valence-electron chi connectivity index (χ2n) is 4.64. The predicted octanol–water partition coefficient (Wildman–Crippen LogP) is 4.28. The Morgan fingerprint density at radius 2 is 1.62 bits per heavy atom. The molecule has 0 bridgehead atoms. The average molecular weight is 222 g/mol. The van der Waals surface area contributed by atoms with E-state index in [0.717, 1.165) is 12.2 Å². The minimum Gasteiger partial charge on any atom is -0.385 e. The normalized spacial score (nSPS) is 10.8. The fourth-order valence-corrected chi connectivity index (χ4v) is 2.08. The summed E-state index contributed by atoms with van der Waals surface area (Å²) in [5.41, 5.74) is 7.06. The van der Waals surface area contributed by atoms with E-state index >= 15 is 0 Å². The highest BCUT2D eigenvalue weighted by Gasteiger charge is 1.99. The molecule has 0 saturated heterocycles. The van der Waals surface area contributed by atoms with Crippen LogP contribution in [0, 0.1) is 0 Å². The molecule has 1 rings (SSSR count). The molecule has 0 saturated carbocycles. The van der Waals surface area contributed by atoms with E-state index in [2.05, 4.69) is 18.0 Å². The number of H-pyrrole nitrogens is 1. The van der Waals surface area contributed by atoms with Gasteiger partial charge in [-0.15, -0.1) is 0 Å². The van der Waals surface area contributed by atoms with Crippen LogP contribution in [0.3, 0.4) is 0 Å². The molecule has 0 aliphatic rings. The molecule has 0 radical (unpaired) electrons. The molecule has 3 N–H and O–H groups in total. The lowest BCUT2D eigenvalue weighted by atomic mass is 10.1. The fourth-order valence-electron chi connectivity index (χ4n) is 2.08. The molecule has 0 fully saturated rings. The lowest BCUT2D eigenvalue weighted by Crippen LogP contribution is -1.91. The Morgan fingerprint density at radius 1 is 1.00 bits per heavy atom. The third kappa shape index (κ3) is 5.24. The SMILES string of the molecule is CCCCCCCCCCc1cc[nH]c1N. The van der Waals surface area contributed by atoms with Gasteiger partial charge in [-0.2, -0.15) is 0 Å². The van der Waals surface area contributed by atoms with E-state index < -0.39 is 0 Å². The van der Waals surface area contributed by atoms with Crippen molar-refractivity contribution in [2.45, 2.75) is 64.7 Å². The average Bonchev–Trinajstić information content (AvgIpc) is 2.68. The van der Waals surface area contributed by atoms with Gasteiger partial charge in [-0.25, -0.2) is 0 Å². The van der Waals surface area contributed by atoms with E-state index in [9.17, 15) is 0 Å². The van der Waals surface area contributed by atoms with Gasteiger partial charge >= 0.3 is 0 Å². The second kappa shape index (κ2) is 8.26. The standard InChI is InChI=1S/C14H26N2/c1-2-3-4-5-6-7-8-9-10-13-11-12-16-14(13)15/h11-12,16H,2-10,15H2,1H3. The molecule has 0 amide bonds. The molecular formula is C14H26N2. The number of aromatic nitrogens is 1. The summed E-state index contributed by atoms with van der Waals surface area (Å²) >= 11 is 0. The molecule has 2 nitrogen and oxygen atoms in total. The number of aryl methyl sites for hydroxylation is 1. The number of aromatic amines is 1. The van der Waals surface area contributed by atoms with Gasteiger partial charge in [-0.05, 0) is 24.5 Å². The van der Waals surface area contributed by atoms with Crippen LogP contribution in [0.25, 0.3) is 0 Å². The summed E-state index contributed by atoms with van der Waals surface area (Å²) in [5, 5.41) is 0. The first kappa shape index (κ1) is 13.1. The van der Waals surface area contributed by atoms with Crippen LogP contribution in [-0.4, -0.2) is 4.98 Å². The van der Waals surface area contributed by atoms with Crippen molar-refractivity contribution < 1.29 is 0 Å². The Bertz CT molecular complexity index is 265. The molecule has 1 heterocycles. The van der Waals surface area contributed by atoms with E-state index in [0.29, 0.717) is 0 Å². The van der Waals surface area contributed by atoms with Crippen LogP contribution in [-0.2, 0) is 6.42 Å². The quantitative estimate of drug-likeness (QED) is 0.602. The molecule has 0 aromatic carbocycles. The Morgan fingerprint density at radius 3 is 2.19 bits per heavy atom. The van der Waals surface area contributed by atoms with Gasteiger partial charge in [0, 0.05) is 6.20 Å². The van der Waals surface area contributed by atoms with Crippen molar-refractivity contribution in [1.29, 1.82) is 0 Å². The van der Waals surface area contributed by atoms with Gasteiger partial charge in [-0.1, -0.05) is 51.9 Å². The Hall–Kier alpha value is -0.920. The largest absolute Gasteiger partial charge is 0.385 e. The highest BCUT2D eigenvalue weighted by Crippen LogP contribution is 2.14. The number of unbranched alkanes of at least 4 members (excludes halogenated alkanes) is 7. The first-order valence-electron chi connectivity index (χ1n) is 6.76. The molecule has 0 aliphatic heterocycles.